The molecule has 0 spiro atoms. The van der Waals surface area contributed by atoms with Gasteiger partial charge in [0.15, 0.2) is 0 Å². The van der Waals surface area contributed by atoms with Crippen LogP contribution in [0.3, 0.4) is 0 Å². The van der Waals surface area contributed by atoms with Crippen LogP contribution in [0.1, 0.15) is 13.3 Å². The predicted octanol–water partition coefficient (Wildman–Crippen LogP) is 1.63. The van der Waals surface area contributed by atoms with Crippen LogP contribution in [0.4, 0.5) is 0 Å². The Kier molecular flexibility index (Phi) is 6.12. The lowest BCUT2D eigenvalue weighted by Crippen LogP contribution is -2.05. The molecule has 0 heterocycles. The first-order valence-corrected chi connectivity index (χ1v) is 4.07. The van der Waals surface area contributed by atoms with Crippen LogP contribution >= 0.6 is 11.6 Å². The minimum atomic E-state index is -0.348. The number of esters is 1. The molecule has 0 rings (SSSR count). The lowest BCUT2D eigenvalue weighted by Gasteiger charge is -2.01. The van der Waals surface area contributed by atoms with Gasteiger partial charge in [0.1, 0.15) is 0 Å². The summed E-state index contributed by atoms with van der Waals surface area (Å²) >= 11 is 5.46. The number of carbonyl (C=O) groups excluding carboxylic acids is 1. The van der Waals surface area contributed by atoms with E-state index in [1.807, 2.05) is 6.07 Å². The maximum atomic E-state index is 10.9. The highest BCUT2D eigenvalue weighted by Gasteiger charge is 2.04. The van der Waals surface area contributed by atoms with Crippen LogP contribution in [0.25, 0.3) is 0 Å². The van der Waals surface area contributed by atoms with Crippen molar-refractivity contribution >= 4 is 17.6 Å². The summed E-state index contributed by atoms with van der Waals surface area (Å²) in [7, 11) is 0. The lowest BCUT2D eigenvalue weighted by molar-refractivity contribution is -0.142. The Bertz CT molecular complexity index is 218. The van der Waals surface area contributed by atoms with Crippen LogP contribution in [0, 0.1) is 11.3 Å². The number of ether oxygens (including phenoxy) is 1. The summed E-state index contributed by atoms with van der Waals surface area (Å²) in [5.74, 6) is -0.161. The molecule has 0 atom stereocenters. The molecule has 0 N–H and O–H groups in total. The molecule has 12 heavy (non-hydrogen) atoms. The molecule has 0 saturated heterocycles. The van der Waals surface area contributed by atoms with Gasteiger partial charge in [0.05, 0.1) is 19.1 Å². The van der Waals surface area contributed by atoms with E-state index in [1.165, 1.54) is 6.08 Å². The van der Waals surface area contributed by atoms with Crippen LogP contribution < -0.4 is 0 Å². The third kappa shape index (κ3) is 4.75. The number of nitrogens with zero attached hydrogens (tertiary/aromatic N) is 1. The number of nitriles is 1. The summed E-state index contributed by atoms with van der Waals surface area (Å²) in [5.41, 5.74) is 0.581. The van der Waals surface area contributed by atoms with E-state index in [0.29, 0.717) is 12.2 Å². The van der Waals surface area contributed by atoms with E-state index in [2.05, 4.69) is 4.74 Å². The average Bonchev–Trinajstić information content (AvgIpc) is 2.04. The Hall–Kier alpha value is -1.01. The van der Waals surface area contributed by atoms with E-state index >= 15 is 0 Å². The number of alkyl halides is 1. The number of rotatable bonds is 4. The summed E-state index contributed by atoms with van der Waals surface area (Å²) in [5, 5.41) is 8.27. The van der Waals surface area contributed by atoms with Gasteiger partial charge in [-0.15, -0.1) is 11.6 Å². The van der Waals surface area contributed by atoms with Gasteiger partial charge >= 0.3 is 5.97 Å². The van der Waals surface area contributed by atoms with Crippen LogP contribution in [-0.4, -0.2) is 18.5 Å². The zero-order valence-electron chi connectivity index (χ0n) is 6.84. The van der Waals surface area contributed by atoms with Crippen molar-refractivity contribution in [1.82, 2.24) is 0 Å². The Morgan fingerprint density at radius 3 is 2.83 bits per heavy atom. The second-order valence-corrected chi connectivity index (χ2v) is 2.31. The predicted molar refractivity (Wildman–Crippen MR) is 45.7 cm³/mol. The van der Waals surface area contributed by atoms with Gasteiger partial charge in [-0.3, -0.25) is 4.79 Å². The minimum Gasteiger partial charge on any atom is -0.466 e. The number of carbonyl (C=O) groups is 1. The summed E-state index contributed by atoms with van der Waals surface area (Å²) in [4.78, 5) is 10.9. The zero-order chi connectivity index (χ0) is 9.40. The van der Waals surface area contributed by atoms with Gasteiger partial charge in [0.2, 0.25) is 0 Å². The topological polar surface area (TPSA) is 50.1 Å². The second-order valence-electron chi connectivity index (χ2n) is 2.05. The molecule has 0 radical (unpaired) electrons. The van der Waals surface area contributed by atoms with Crippen molar-refractivity contribution in [2.45, 2.75) is 13.3 Å². The van der Waals surface area contributed by atoms with Crippen molar-refractivity contribution in [3.05, 3.63) is 11.6 Å². The fourth-order valence-electron chi connectivity index (χ4n) is 0.626. The Balaban J connectivity index is 3.96. The summed E-state index contributed by atoms with van der Waals surface area (Å²) in [6.45, 7) is 2.08. The van der Waals surface area contributed by atoms with Gasteiger partial charge in [-0.05, 0) is 12.5 Å². The molecule has 0 aliphatic carbocycles. The first kappa shape index (κ1) is 11.0. The largest absolute Gasteiger partial charge is 0.466 e. The highest BCUT2D eigenvalue weighted by atomic mass is 35.5. The molecule has 0 amide bonds. The lowest BCUT2D eigenvalue weighted by atomic mass is 10.2. The van der Waals surface area contributed by atoms with Gasteiger partial charge in [0, 0.05) is 12.0 Å². The molecule has 66 valence electrons. The summed E-state index contributed by atoms with van der Waals surface area (Å²) in [6, 6.07) is 1.81. The maximum Gasteiger partial charge on any atom is 0.309 e. The third-order valence-electron chi connectivity index (χ3n) is 1.12. The van der Waals surface area contributed by atoms with E-state index < -0.39 is 0 Å². The highest BCUT2D eigenvalue weighted by molar-refractivity contribution is 6.19. The van der Waals surface area contributed by atoms with Crippen molar-refractivity contribution in [2.75, 3.05) is 12.5 Å². The fraction of sp³-hybridized carbons (Fsp3) is 0.500. The SMILES string of the molecule is CCOC(=O)CC(=CC#N)CCl. The number of halogens is 1. The van der Waals surface area contributed by atoms with Gasteiger partial charge < -0.3 is 4.74 Å². The van der Waals surface area contributed by atoms with Crippen LogP contribution in [0.5, 0.6) is 0 Å². The third-order valence-corrected chi connectivity index (χ3v) is 1.46. The first-order chi connectivity index (χ1) is 5.74. The van der Waals surface area contributed by atoms with Crippen molar-refractivity contribution in [3.8, 4) is 6.07 Å². The fourth-order valence-corrected chi connectivity index (χ4v) is 0.797. The standard InChI is InChI=1S/C8H10ClNO2/c1-2-12-8(11)5-7(6-9)3-4-10/h3H,2,5-6H2,1H3. The van der Waals surface area contributed by atoms with Crippen LogP contribution in [-0.2, 0) is 9.53 Å². The molecule has 0 aromatic carbocycles. The molecule has 0 aromatic rings. The molecule has 0 aromatic heterocycles. The van der Waals surface area contributed by atoms with E-state index in [0.717, 1.165) is 0 Å². The van der Waals surface area contributed by atoms with E-state index in [-0.39, 0.29) is 18.3 Å². The molecule has 4 heteroatoms. The van der Waals surface area contributed by atoms with Crippen molar-refractivity contribution in [2.24, 2.45) is 0 Å². The van der Waals surface area contributed by atoms with Gasteiger partial charge in [-0.25, -0.2) is 0 Å². The monoisotopic (exact) mass is 187 g/mol. The molecule has 0 aliphatic rings. The van der Waals surface area contributed by atoms with Gasteiger partial charge in [0.25, 0.3) is 0 Å². The van der Waals surface area contributed by atoms with Crippen LogP contribution in [0.15, 0.2) is 11.6 Å². The Labute approximate surface area is 76.6 Å². The highest BCUT2D eigenvalue weighted by Crippen LogP contribution is 2.04. The molecule has 3 nitrogen and oxygen atoms in total. The van der Waals surface area contributed by atoms with Crippen molar-refractivity contribution in [3.63, 3.8) is 0 Å². The van der Waals surface area contributed by atoms with Crippen molar-refractivity contribution in [1.29, 1.82) is 5.26 Å². The molecule has 0 aliphatic heterocycles. The first-order valence-electron chi connectivity index (χ1n) is 3.53. The molecule has 0 saturated carbocycles. The summed E-state index contributed by atoms with van der Waals surface area (Å²) < 4.78 is 4.67. The smallest absolute Gasteiger partial charge is 0.309 e. The normalized spacial score (nSPS) is 10.6. The van der Waals surface area contributed by atoms with E-state index in [9.17, 15) is 4.79 Å². The Morgan fingerprint density at radius 2 is 2.42 bits per heavy atom. The summed E-state index contributed by atoms with van der Waals surface area (Å²) in [6.07, 6.45) is 1.37. The second kappa shape index (κ2) is 6.68. The maximum absolute atomic E-state index is 10.9. The van der Waals surface area contributed by atoms with Gasteiger partial charge in [-0.2, -0.15) is 5.26 Å². The van der Waals surface area contributed by atoms with Gasteiger partial charge in [-0.1, -0.05) is 0 Å². The number of hydrogen-bond donors (Lipinski definition) is 0. The van der Waals surface area contributed by atoms with Crippen molar-refractivity contribution < 1.29 is 9.53 Å². The quantitative estimate of drug-likeness (QED) is 0.382. The molecule has 0 bridgehead atoms. The van der Waals surface area contributed by atoms with E-state index in [1.54, 1.807) is 6.92 Å². The Morgan fingerprint density at radius 1 is 1.75 bits per heavy atom. The molecule has 0 unspecified atom stereocenters. The number of hydrogen-bond acceptors (Lipinski definition) is 3. The number of allylic oxidation sites excluding steroid dienone is 1. The molecular weight excluding hydrogens is 178 g/mol. The van der Waals surface area contributed by atoms with E-state index in [4.69, 9.17) is 16.9 Å². The van der Waals surface area contributed by atoms with Crippen LogP contribution in [0.2, 0.25) is 0 Å². The average molecular weight is 188 g/mol. The zero-order valence-corrected chi connectivity index (χ0v) is 7.60. The molecular formula is C8H10ClNO2. The molecule has 0 fully saturated rings. The minimum absolute atomic E-state index is 0.102.